The molecule has 1 aromatic rings. The number of benzene rings is 1. The molecule has 70 valence electrons. The molecule has 0 amide bonds. The maximum absolute atomic E-state index is 10.8. The molecule has 0 aliphatic rings. The van der Waals surface area contributed by atoms with Crippen LogP contribution in [0.1, 0.15) is 18.9 Å². The predicted molar refractivity (Wildman–Crippen MR) is 55.1 cm³/mol. The Bertz CT molecular complexity index is 269. The fraction of sp³-hybridized carbons (Fsp3) is 0.364. The summed E-state index contributed by atoms with van der Waals surface area (Å²) in [5, 5.41) is -0.333. The van der Waals surface area contributed by atoms with Gasteiger partial charge < -0.3 is 0 Å². The van der Waals surface area contributed by atoms with Crippen LogP contribution in [0.25, 0.3) is 0 Å². The first-order valence-corrected chi connectivity index (χ1v) is 4.82. The van der Waals surface area contributed by atoms with Crippen LogP contribution in [0.5, 0.6) is 0 Å². The van der Waals surface area contributed by atoms with Crippen LogP contribution in [-0.2, 0) is 11.2 Å². The van der Waals surface area contributed by atoms with Crippen molar-refractivity contribution in [1.29, 1.82) is 0 Å². The summed E-state index contributed by atoms with van der Waals surface area (Å²) in [4.78, 5) is 10.8. The lowest BCUT2D eigenvalue weighted by Crippen LogP contribution is -2.10. The quantitative estimate of drug-likeness (QED) is 0.677. The largest absolute Gasteiger partial charge is 0.298 e. The standard InChI is InChI=1S/C11H13ClO/c1-9(13)11(12)8-7-10-5-3-2-4-6-10/h2-6,11H,7-8H2,1H3. The Morgan fingerprint density at radius 2 is 2.00 bits per heavy atom. The number of aryl methyl sites for hydroxylation is 1. The number of carbonyl (C=O) groups excluding carboxylic acids is 1. The number of halogens is 1. The van der Waals surface area contributed by atoms with Crippen LogP contribution < -0.4 is 0 Å². The Labute approximate surface area is 83.7 Å². The summed E-state index contributed by atoms with van der Waals surface area (Å²) in [6.45, 7) is 1.53. The number of rotatable bonds is 4. The van der Waals surface area contributed by atoms with Crippen LogP contribution in [0, 0.1) is 0 Å². The first-order chi connectivity index (χ1) is 6.20. The Morgan fingerprint density at radius 3 is 2.54 bits per heavy atom. The highest BCUT2D eigenvalue weighted by Crippen LogP contribution is 2.09. The van der Waals surface area contributed by atoms with E-state index in [2.05, 4.69) is 0 Å². The second-order valence-corrected chi connectivity index (χ2v) is 3.63. The van der Waals surface area contributed by atoms with Crippen molar-refractivity contribution in [3.05, 3.63) is 35.9 Å². The lowest BCUT2D eigenvalue weighted by atomic mass is 10.1. The first-order valence-electron chi connectivity index (χ1n) is 4.38. The minimum Gasteiger partial charge on any atom is -0.298 e. The molecule has 0 aliphatic heterocycles. The molecule has 0 saturated carbocycles. The van der Waals surface area contributed by atoms with Gasteiger partial charge in [0.25, 0.3) is 0 Å². The molecule has 0 fully saturated rings. The highest BCUT2D eigenvalue weighted by atomic mass is 35.5. The van der Waals surface area contributed by atoms with Gasteiger partial charge in [-0.25, -0.2) is 0 Å². The van der Waals surface area contributed by atoms with Gasteiger partial charge in [-0.1, -0.05) is 30.3 Å². The van der Waals surface area contributed by atoms with E-state index in [0.29, 0.717) is 0 Å². The summed E-state index contributed by atoms with van der Waals surface area (Å²) in [6, 6.07) is 10.1. The number of ketones is 1. The van der Waals surface area contributed by atoms with Crippen molar-refractivity contribution < 1.29 is 4.79 Å². The van der Waals surface area contributed by atoms with Crippen molar-refractivity contribution in [3.8, 4) is 0 Å². The molecule has 1 aromatic carbocycles. The van der Waals surface area contributed by atoms with Gasteiger partial charge in [-0.15, -0.1) is 11.6 Å². The molecule has 0 spiro atoms. The van der Waals surface area contributed by atoms with Crippen LogP contribution in [0.3, 0.4) is 0 Å². The average Bonchev–Trinajstić information content (AvgIpc) is 2.15. The molecular weight excluding hydrogens is 184 g/mol. The van der Waals surface area contributed by atoms with Crippen LogP contribution in [-0.4, -0.2) is 11.2 Å². The summed E-state index contributed by atoms with van der Waals surface area (Å²) >= 11 is 5.82. The Hall–Kier alpha value is -0.820. The summed E-state index contributed by atoms with van der Waals surface area (Å²) < 4.78 is 0. The Morgan fingerprint density at radius 1 is 1.38 bits per heavy atom. The molecular formula is C11H13ClO. The first kappa shape index (κ1) is 10.3. The van der Waals surface area contributed by atoms with Crippen molar-refractivity contribution in [2.24, 2.45) is 0 Å². The van der Waals surface area contributed by atoms with Crippen molar-refractivity contribution in [3.63, 3.8) is 0 Å². The van der Waals surface area contributed by atoms with E-state index in [-0.39, 0.29) is 11.2 Å². The van der Waals surface area contributed by atoms with E-state index in [1.165, 1.54) is 12.5 Å². The molecule has 0 saturated heterocycles. The fourth-order valence-corrected chi connectivity index (χ4v) is 1.25. The molecule has 0 radical (unpaired) electrons. The van der Waals surface area contributed by atoms with E-state index < -0.39 is 0 Å². The van der Waals surface area contributed by atoms with Crippen LogP contribution in [0.2, 0.25) is 0 Å². The normalized spacial score (nSPS) is 12.5. The number of alkyl halides is 1. The van der Waals surface area contributed by atoms with Gasteiger partial charge in [0.15, 0.2) is 0 Å². The number of carbonyl (C=O) groups is 1. The maximum atomic E-state index is 10.8. The van der Waals surface area contributed by atoms with E-state index in [0.717, 1.165) is 12.8 Å². The fourth-order valence-electron chi connectivity index (χ4n) is 1.14. The number of hydrogen-bond donors (Lipinski definition) is 0. The molecule has 0 aromatic heterocycles. The van der Waals surface area contributed by atoms with E-state index >= 15 is 0 Å². The van der Waals surface area contributed by atoms with E-state index in [4.69, 9.17) is 11.6 Å². The highest BCUT2D eigenvalue weighted by molar-refractivity contribution is 6.30. The highest BCUT2D eigenvalue weighted by Gasteiger charge is 2.09. The van der Waals surface area contributed by atoms with Crippen LogP contribution >= 0.6 is 11.6 Å². The third-order valence-corrected chi connectivity index (χ3v) is 2.50. The van der Waals surface area contributed by atoms with Crippen LogP contribution in [0.4, 0.5) is 0 Å². The second-order valence-electron chi connectivity index (χ2n) is 3.10. The second kappa shape index (κ2) is 5.03. The maximum Gasteiger partial charge on any atom is 0.147 e. The zero-order chi connectivity index (χ0) is 9.68. The lowest BCUT2D eigenvalue weighted by Gasteiger charge is -2.04. The van der Waals surface area contributed by atoms with E-state index in [9.17, 15) is 4.79 Å². The smallest absolute Gasteiger partial charge is 0.147 e. The molecule has 0 aliphatic carbocycles. The average molecular weight is 197 g/mol. The van der Waals surface area contributed by atoms with Gasteiger partial charge in [-0.3, -0.25) is 4.79 Å². The monoisotopic (exact) mass is 196 g/mol. The minimum absolute atomic E-state index is 0.0533. The van der Waals surface area contributed by atoms with Crippen molar-refractivity contribution in [2.45, 2.75) is 25.1 Å². The molecule has 1 rings (SSSR count). The van der Waals surface area contributed by atoms with E-state index in [1.54, 1.807) is 0 Å². The number of hydrogen-bond acceptors (Lipinski definition) is 1. The van der Waals surface area contributed by atoms with Gasteiger partial charge in [0.2, 0.25) is 0 Å². The van der Waals surface area contributed by atoms with Gasteiger partial charge in [0.1, 0.15) is 5.78 Å². The zero-order valence-electron chi connectivity index (χ0n) is 7.66. The van der Waals surface area contributed by atoms with Gasteiger partial charge in [0.05, 0.1) is 5.38 Å². The molecule has 0 bridgehead atoms. The SMILES string of the molecule is CC(=O)C(Cl)CCc1ccccc1. The molecule has 0 N–H and O–H groups in total. The number of Topliss-reactive ketones (excluding diaryl/α,β-unsaturated/α-hetero) is 1. The summed E-state index contributed by atoms with van der Waals surface area (Å²) in [6.07, 6.45) is 1.59. The molecule has 1 atom stereocenters. The Balaban J connectivity index is 2.39. The third kappa shape index (κ3) is 3.60. The van der Waals surface area contributed by atoms with Gasteiger partial charge >= 0.3 is 0 Å². The predicted octanol–water partition coefficient (Wildman–Crippen LogP) is 2.82. The molecule has 13 heavy (non-hydrogen) atoms. The minimum atomic E-state index is -0.333. The molecule has 1 unspecified atom stereocenters. The third-order valence-electron chi connectivity index (χ3n) is 1.97. The van der Waals surface area contributed by atoms with Crippen molar-refractivity contribution >= 4 is 17.4 Å². The molecule has 0 heterocycles. The van der Waals surface area contributed by atoms with E-state index in [1.807, 2.05) is 30.3 Å². The lowest BCUT2D eigenvalue weighted by molar-refractivity contribution is -0.116. The summed E-state index contributed by atoms with van der Waals surface area (Å²) in [7, 11) is 0. The summed E-state index contributed by atoms with van der Waals surface area (Å²) in [5.41, 5.74) is 1.23. The molecule has 1 nitrogen and oxygen atoms in total. The molecule has 2 heteroatoms. The van der Waals surface area contributed by atoms with Gasteiger partial charge in [0, 0.05) is 0 Å². The van der Waals surface area contributed by atoms with Crippen molar-refractivity contribution in [2.75, 3.05) is 0 Å². The Kier molecular flexibility index (Phi) is 3.97. The topological polar surface area (TPSA) is 17.1 Å². The zero-order valence-corrected chi connectivity index (χ0v) is 8.42. The van der Waals surface area contributed by atoms with Gasteiger partial charge in [-0.2, -0.15) is 0 Å². The summed E-state index contributed by atoms with van der Waals surface area (Å²) in [5.74, 6) is 0.0533. The van der Waals surface area contributed by atoms with Gasteiger partial charge in [-0.05, 0) is 25.3 Å². The van der Waals surface area contributed by atoms with Crippen LogP contribution in [0.15, 0.2) is 30.3 Å². The van der Waals surface area contributed by atoms with Crippen molar-refractivity contribution in [1.82, 2.24) is 0 Å².